The third-order valence-corrected chi connectivity index (χ3v) is 4.19. The Morgan fingerprint density at radius 1 is 1.42 bits per heavy atom. The molecule has 0 aliphatic heterocycles. The van der Waals surface area contributed by atoms with E-state index in [-0.39, 0.29) is 12.3 Å². The summed E-state index contributed by atoms with van der Waals surface area (Å²) >= 11 is 0. The van der Waals surface area contributed by atoms with Gasteiger partial charge in [-0.15, -0.1) is 12.3 Å². The van der Waals surface area contributed by atoms with Crippen molar-refractivity contribution in [1.29, 1.82) is 0 Å². The summed E-state index contributed by atoms with van der Waals surface area (Å²) in [5.41, 5.74) is 0. The number of rotatable bonds is 9. The molecule has 0 aromatic heterocycles. The van der Waals surface area contributed by atoms with Crippen molar-refractivity contribution in [2.24, 2.45) is 17.8 Å². The van der Waals surface area contributed by atoms with Crippen LogP contribution < -0.4 is 0 Å². The topological polar surface area (TPSA) is 71.1 Å². The minimum absolute atomic E-state index is 0.211. The Morgan fingerprint density at radius 2 is 2.17 bits per heavy atom. The van der Waals surface area contributed by atoms with E-state index in [4.69, 9.17) is 6.42 Å². The van der Waals surface area contributed by atoms with Gasteiger partial charge >= 0.3 is 12.0 Å². The Kier molecular flexibility index (Phi) is 8.86. The number of carbonyl (C=O) groups is 1. The monoisotopic (exact) mass is 332 g/mol. The molecule has 1 saturated carbocycles. The van der Waals surface area contributed by atoms with Crippen LogP contribution in [-0.4, -0.2) is 28.4 Å². The summed E-state index contributed by atoms with van der Waals surface area (Å²) in [5, 5.41) is 23.0. The lowest BCUT2D eigenvalue weighted by molar-refractivity contribution is -0.138. The standard InChI is InChI=1S/C19H26NO4/c1-4-9-15(21)10-6-7-11-16-14(3)19(16)17(22)12-8-13-18(23)24-20-5-2/h1,6-7,10-11,14-17,19,21-22H,8-9,12-13H2,2-3H3/q+1. The van der Waals surface area contributed by atoms with Crippen molar-refractivity contribution < 1.29 is 19.8 Å². The van der Waals surface area contributed by atoms with Crippen molar-refractivity contribution >= 4 is 5.97 Å². The molecular formula is C19H26NO4+. The average Bonchev–Trinajstić information content (AvgIpc) is 3.19. The second-order valence-electron chi connectivity index (χ2n) is 6.00. The van der Waals surface area contributed by atoms with Crippen LogP contribution in [0.15, 0.2) is 24.3 Å². The number of terminal acetylenes is 1. The van der Waals surface area contributed by atoms with Gasteiger partial charge in [0.15, 0.2) is 0 Å². The van der Waals surface area contributed by atoms with Gasteiger partial charge in [0.1, 0.15) is 0 Å². The van der Waals surface area contributed by atoms with Gasteiger partial charge < -0.3 is 10.2 Å². The number of aliphatic hydroxyl groups is 2. The highest BCUT2D eigenvalue weighted by atomic mass is 16.7. The lowest BCUT2D eigenvalue weighted by Crippen LogP contribution is -2.12. The first-order valence-electron chi connectivity index (χ1n) is 8.22. The molecule has 5 unspecified atom stereocenters. The third-order valence-electron chi connectivity index (χ3n) is 4.19. The summed E-state index contributed by atoms with van der Waals surface area (Å²) in [5.74, 6) is 2.93. The van der Waals surface area contributed by atoms with Crippen molar-refractivity contribution in [2.45, 2.75) is 51.7 Å². The summed E-state index contributed by atoms with van der Waals surface area (Å²) in [4.78, 5) is 15.8. The lowest BCUT2D eigenvalue weighted by Gasteiger charge is -2.08. The van der Waals surface area contributed by atoms with Crippen LogP contribution in [0, 0.1) is 36.2 Å². The molecule has 0 heterocycles. The first-order valence-corrected chi connectivity index (χ1v) is 8.22. The quantitative estimate of drug-likeness (QED) is 0.387. The fourth-order valence-electron chi connectivity index (χ4n) is 2.80. The van der Waals surface area contributed by atoms with Crippen LogP contribution in [-0.2, 0) is 9.63 Å². The van der Waals surface area contributed by atoms with Crippen LogP contribution >= 0.6 is 0 Å². The Hall–Kier alpha value is -2.08. The van der Waals surface area contributed by atoms with Gasteiger partial charge in [0.2, 0.25) is 5.01 Å². The molecule has 0 aromatic rings. The predicted octanol–water partition coefficient (Wildman–Crippen LogP) is 2.71. The zero-order chi connectivity index (χ0) is 17.9. The van der Waals surface area contributed by atoms with Gasteiger partial charge in [0.25, 0.3) is 0 Å². The fourth-order valence-corrected chi connectivity index (χ4v) is 2.80. The van der Waals surface area contributed by atoms with Gasteiger partial charge in [0, 0.05) is 6.42 Å². The van der Waals surface area contributed by atoms with E-state index in [1.807, 2.05) is 12.2 Å². The number of allylic oxidation sites excluding steroid dienone is 3. The van der Waals surface area contributed by atoms with Crippen molar-refractivity contribution in [3.8, 4) is 18.4 Å². The highest BCUT2D eigenvalue weighted by Crippen LogP contribution is 2.50. The molecule has 0 saturated heterocycles. The van der Waals surface area contributed by atoms with Crippen molar-refractivity contribution in [1.82, 2.24) is 0 Å². The van der Waals surface area contributed by atoms with Crippen LogP contribution in [0.4, 0.5) is 0 Å². The number of hydrogen-bond acceptors (Lipinski definition) is 4. The van der Waals surface area contributed by atoms with E-state index in [1.165, 1.54) is 0 Å². The highest BCUT2D eigenvalue weighted by Gasteiger charge is 2.48. The summed E-state index contributed by atoms with van der Waals surface area (Å²) < 4.78 is 0. The van der Waals surface area contributed by atoms with E-state index in [0.29, 0.717) is 31.1 Å². The molecule has 5 heteroatoms. The number of carbonyl (C=O) groups excluding carboxylic acids is 1. The molecule has 0 radical (unpaired) electrons. The third kappa shape index (κ3) is 7.00. The molecule has 0 bridgehead atoms. The Morgan fingerprint density at radius 3 is 2.83 bits per heavy atom. The maximum Gasteiger partial charge on any atom is 0.399 e. The molecule has 1 fully saturated rings. The van der Waals surface area contributed by atoms with Crippen LogP contribution in [0.1, 0.15) is 39.5 Å². The summed E-state index contributed by atoms with van der Waals surface area (Å²) in [6, 6.07) is 2.37. The molecule has 0 amide bonds. The van der Waals surface area contributed by atoms with Crippen LogP contribution in [0.2, 0.25) is 0 Å². The van der Waals surface area contributed by atoms with Crippen molar-refractivity contribution in [3.63, 3.8) is 0 Å². The largest absolute Gasteiger partial charge is 0.399 e. The van der Waals surface area contributed by atoms with E-state index < -0.39 is 18.2 Å². The van der Waals surface area contributed by atoms with E-state index >= 15 is 0 Å². The molecule has 1 aliphatic rings. The predicted molar refractivity (Wildman–Crippen MR) is 92.8 cm³/mol. The maximum atomic E-state index is 11.3. The summed E-state index contributed by atoms with van der Waals surface area (Å²) in [6.07, 6.45) is 13.1. The van der Waals surface area contributed by atoms with Crippen LogP contribution in [0.5, 0.6) is 0 Å². The minimum atomic E-state index is -0.618. The smallest absolute Gasteiger partial charge is 0.393 e. The molecule has 5 atom stereocenters. The first kappa shape index (κ1) is 20.0. The van der Waals surface area contributed by atoms with Gasteiger partial charge in [-0.05, 0) is 30.6 Å². The molecule has 2 N–H and O–H groups in total. The highest BCUT2D eigenvalue weighted by molar-refractivity contribution is 5.69. The van der Waals surface area contributed by atoms with Gasteiger partial charge in [-0.2, -0.15) is 0 Å². The van der Waals surface area contributed by atoms with Gasteiger partial charge in [-0.3, -0.25) is 0 Å². The maximum absolute atomic E-state index is 11.3. The minimum Gasteiger partial charge on any atom is -0.393 e. The molecule has 1 aliphatic carbocycles. The normalized spacial score (nSPS) is 24.9. The van der Waals surface area contributed by atoms with Crippen LogP contribution in [0.3, 0.4) is 0 Å². The molecule has 130 valence electrons. The van der Waals surface area contributed by atoms with Gasteiger partial charge in [-0.1, -0.05) is 36.1 Å². The fraction of sp³-hybridized carbons (Fsp3) is 0.579. The SMILES string of the molecule is C#CCC(O)C=CC=CC1C(C)C1C(O)CCCC(=O)O[N+]#CC. The molecule has 1 rings (SSSR count). The summed E-state index contributed by atoms with van der Waals surface area (Å²) in [7, 11) is 0. The van der Waals surface area contributed by atoms with Gasteiger partial charge in [0.05, 0.1) is 25.6 Å². The number of aliphatic hydroxyl groups excluding tert-OH is 2. The Labute approximate surface area is 143 Å². The lowest BCUT2D eigenvalue weighted by atomic mass is 10.1. The van der Waals surface area contributed by atoms with Gasteiger partial charge in [-0.25, -0.2) is 4.79 Å². The zero-order valence-corrected chi connectivity index (χ0v) is 14.3. The average molecular weight is 332 g/mol. The Balaban J connectivity index is 2.29. The van der Waals surface area contributed by atoms with E-state index in [9.17, 15) is 15.0 Å². The van der Waals surface area contributed by atoms with Crippen molar-refractivity contribution in [3.05, 3.63) is 29.3 Å². The second-order valence-corrected chi connectivity index (χ2v) is 6.00. The molecule has 0 aromatic carbocycles. The molecular weight excluding hydrogens is 306 g/mol. The summed E-state index contributed by atoms with van der Waals surface area (Å²) in [6.45, 7) is 3.64. The van der Waals surface area contributed by atoms with E-state index in [2.05, 4.69) is 28.8 Å². The van der Waals surface area contributed by atoms with E-state index in [0.717, 1.165) is 0 Å². The number of nitrogens with zero attached hydrogens (tertiary/aromatic N) is 1. The molecule has 0 spiro atoms. The Bertz CT molecular complexity index is 564. The molecule has 24 heavy (non-hydrogen) atoms. The first-order chi connectivity index (χ1) is 11.5. The van der Waals surface area contributed by atoms with E-state index in [1.54, 1.807) is 19.1 Å². The number of hydrogen-bond donors (Lipinski definition) is 2. The van der Waals surface area contributed by atoms with Crippen LogP contribution in [0.25, 0.3) is 5.01 Å². The van der Waals surface area contributed by atoms with Crippen molar-refractivity contribution in [2.75, 3.05) is 0 Å². The second kappa shape index (κ2) is 10.6. The molecule has 5 nitrogen and oxygen atoms in total. The zero-order valence-electron chi connectivity index (χ0n) is 14.3.